The summed E-state index contributed by atoms with van der Waals surface area (Å²) in [6.07, 6.45) is 0.522. The van der Waals surface area contributed by atoms with Crippen LogP contribution in [0.2, 0.25) is 0 Å². The van der Waals surface area contributed by atoms with Crippen molar-refractivity contribution >= 4 is 27.7 Å². The molecule has 0 unspecified atom stereocenters. The molecule has 3 nitrogen and oxygen atoms in total. The SMILES string of the molecule is CC(C)CC(=O)Nc1cccc(Br)n1. The van der Waals surface area contributed by atoms with Crippen molar-refractivity contribution in [2.24, 2.45) is 5.92 Å². The Morgan fingerprint density at radius 1 is 1.57 bits per heavy atom. The number of pyridine rings is 1. The van der Waals surface area contributed by atoms with Gasteiger partial charge >= 0.3 is 0 Å². The van der Waals surface area contributed by atoms with Crippen molar-refractivity contribution in [2.45, 2.75) is 20.3 Å². The lowest BCUT2D eigenvalue weighted by atomic mass is 10.1. The number of hydrogen-bond donors (Lipinski definition) is 1. The maximum Gasteiger partial charge on any atom is 0.225 e. The lowest BCUT2D eigenvalue weighted by molar-refractivity contribution is -0.116. The number of nitrogens with one attached hydrogen (secondary N) is 1. The number of carbonyl (C=O) groups excluding carboxylic acids is 1. The lowest BCUT2D eigenvalue weighted by Gasteiger charge is -2.06. The number of aromatic nitrogens is 1. The summed E-state index contributed by atoms with van der Waals surface area (Å²) in [5.74, 6) is 0.956. The van der Waals surface area contributed by atoms with E-state index in [4.69, 9.17) is 0 Å². The van der Waals surface area contributed by atoms with Crippen molar-refractivity contribution in [3.8, 4) is 0 Å². The van der Waals surface area contributed by atoms with Crippen LogP contribution in [0.25, 0.3) is 0 Å². The van der Waals surface area contributed by atoms with E-state index in [1.165, 1.54) is 0 Å². The first-order valence-electron chi connectivity index (χ1n) is 4.50. The number of anilines is 1. The molecule has 76 valence electrons. The molecule has 0 saturated heterocycles. The third kappa shape index (κ3) is 3.87. The highest BCUT2D eigenvalue weighted by atomic mass is 79.9. The van der Waals surface area contributed by atoms with E-state index in [2.05, 4.69) is 26.2 Å². The van der Waals surface area contributed by atoms with E-state index >= 15 is 0 Å². The molecule has 1 heterocycles. The zero-order valence-electron chi connectivity index (χ0n) is 8.25. The van der Waals surface area contributed by atoms with Crippen molar-refractivity contribution in [3.63, 3.8) is 0 Å². The Labute approximate surface area is 92.1 Å². The topological polar surface area (TPSA) is 42.0 Å². The van der Waals surface area contributed by atoms with Gasteiger partial charge in [0, 0.05) is 6.42 Å². The summed E-state index contributed by atoms with van der Waals surface area (Å²) in [4.78, 5) is 15.5. The molecule has 4 heteroatoms. The second kappa shape index (κ2) is 5.10. The van der Waals surface area contributed by atoms with E-state index in [1.807, 2.05) is 26.0 Å². The number of amides is 1. The summed E-state index contributed by atoms with van der Waals surface area (Å²) in [6.45, 7) is 4.02. The number of halogens is 1. The Bertz CT molecular complexity index is 326. The molecule has 1 aromatic rings. The monoisotopic (exact) mass is 256 g/mol. The van der Waals surface area contributed by atoms with Gasteiger partial charge in [-0.2, -0.15) is 0 Å². The molecule has 0 aliphatic heterocycles. The van der Waals surface area contributed by atoms with E-state index in [0.717, 1.165) is 4.60 Å². The summed E-state index contributed by atoms with van der Waals surface area (Å²) >= 11 is 3.24. The molecule has 0 aliphatic rings. The summed E-state index contributed by atoms with van der Waals surface area (Å²) in [7, 11) is 0. The number of nitrogens with zero attached hydrogens (tertiary/aromatic N) is 1. The third-order valence-electron chi connectivity index (χ3n) is 1.58. The van der Waals surface area contributed by atoms with Gasteiger partial charge in [0.2, 0.25) is 5.91 Å². The minimum atomic E-state index is 0.00519. The van der Waals surface area contributed by atoms with Crippen LogP contribution in [0.3, 0.4) is 0 Å². The lowest BCUT2D eigenvalue weighted by Crippen LogP contribution is -2.14. The van der Waals surface area contributed by atoms with Crippen LogP contribution >= 0.6 is 15.9 Å². The van der Waals surface area contributed by atoms with Gasteiger partial charge in [-0.1, -0.05) is 19.9 Å². The van der Waals surface area contributed by atoms with E-state index < -0.39 is 0 Å². The Hall–Kier alpha value is -0.900. The standard InChI is InChI=1S/C10H13BrN2O/c1-7(2)6-10(14)13-9-5-3-4-8(11)12-9/h3-5,7H,6H2,1-2H3,(H,12,13,14). The number of hydrogen-bond acceptors (Lipinski definition) is 2. The van der Waals surface area contributed by atoms with Crippen LogP contribution < -0.4 is 5.32 Å². The second-order valence-corrected chi connectivity index (χ2v) is 4.30. The highest BCUT2D eigenvalue weighted by Crippen LogP contribution is 2.11. The smallest absolute Gasteiger partial charge is 0.225 e. The molecule has 0 fully saturated rings. The van der Waals surface area contributed by atoms with E-state index in [9.17, 15) is 4.79 Å². The molecule has 0 saturated carbocycles. The minimum absolute atomic E-state index is 0.00519. The molecule has 1 aromatic heterocycles. The Morgan fingerprint density at radius 2 is 2.29 bits per heavy atom. The molecule has 0 radical (unpaired) electrons. The average molecular weight is 257 g/mol. The third-order valence-corrected chi connectivity index (χ3v) is 2.02. The zero-order valence-corrected chi connectivity index (χ0v) is 9.84. The highest BCUT2D eigenvalue weighted by molar-refractivity contribution is 9.10. The summed E-state index contributed by atoms with van der Waals surface area (Å²) < 4.78 is 0.722. The fourth-order valence-corrected chi connectivity index (χ4v) is 1.39. The predicted molar refractivity (Wildman–Crippen MR) is 60.0 cm³/mol. The maximum absolute atomic E-state index is 11.4. The average Bonchev–Trinajstić information content (AvgIpc) is 2.01. The van der Waals surface area contributed by atoms with Crippen LogP contribution in [-0.4, -0.2) is 10.9 Å². The summed E-state index contributed by atoms with van der Waals surface area (Å²) in [5, 5.41) is 2.73. The Balaban J connectivity index is 2.56. The largest absolute Gasteiger partial charge is 0.311 e. The first kappa shape index (κ1) is 11.2. The molecular weight excluding hydrogens is 244 g/mol. The Morgan fingerprint density at radius 3 is 2.86 bits per heavy atom. The molecule has 0 spiro atoms. The van der Waals surface area contributed by atoms with Gasteiger partial charge in [-0.15, -0.1) is 0 Å². The van der Waals surface area contributed by atoms with Crippen LogP contribution in [0.5, 0.6) is 0 Å². The van der Waals surface area contributed by atoms with Crippen molar-refractivity contribution in [1.29, 1.82) is 0 Å². The maximum atomic E-state index is 11.4. The highest BCUT2D eigenvalue weighted by Gasteiger charge is 2.05. The van der Waals surface area contributed by atoms with Crippen LogP contribution in [0.15, 0.2) is 22.8 Å². The van der Waals surface area contributed by atoms with E-state index in [1.54, 1.807) is 6.07 Å². The van der Waals surface area contributed by atoms with Crippen molar-refractivity contribution in [3.05, 3.63) is 22.8 Å². The quantitative estimate of drug-likeness (QED) is 0.846. The molecule has 14 heavy (non-hydrogen) atoms. The van der Waals surface area contributed by atoms with Crippen LogP contribution in [0.1, 0.15) is 20.3 Å². The first-order chi connectivity index (χ1) is 6.58. The van der Waals surface area contributed by atoms with Gasteiger partial charge in [0.25, 0.3) is 0 Å². The molecule has 1 rings (SSSR count). The fourth-order valence-electron chi connectivity index (χ4n) is 1.04. The minimum Gasteiger partial charge on any atom is -0.311 e. The molecule has 0 bridgehead atoms. The second-order valence-electron chi connectivity index (χ2n) is 3.49. The van der Waals surface area contributed by atoms with Crippen molar-refractivity contribution in [1.82, 2.24) is 4.98 Å². The van der Waals surface area contributed by atoms with Crippen molar-refractivity contribution in [2.75, 3.05) is 5.32 Å². The van der Waals surface area contributed by atoms with Crippen molar-refractivity contribution < 1.29 is 4.79 Å². The van der Waals surface area contributed by atoms with Gasteiger partial charge in [-0.05, 0) is 34.0 Å². The summed E-state index contributed by atoms with van der Waals surface area (Å²) in [6, 6.07) is 5.42. The summed E-state index contributed by atoms with van der Waals surface area (Å²) in [5.41, 5.74) is 0. The van der Waals surface area contributed by atoms with Crippen LogP contribution in [0.4, 0.5) is 5.82 Å². The number of rotatable bonds is 3. The van der Waals surface area contributed by atoms with E-state index in [0.29, 0.717) is 18.2 Å². The fraction of sp³-hybridized carbons (Fsp3) is 0.400. The Kier molecular flexibility index (Phi) is 4.07. The molecule has 0 atom stereocenters. The van der Waals surface area contributed by atoms with Gasteiger partial charge < -0.3 is 5.32 Å². The first-order valence-corrected chi connectivity index (χ1v) is 5.29. The molecule has 1 amide bonds. The van der Waals surface area contributed by atoms with Gasteiger partial charge in [-0.25, -0.2) is 4.98 Å². The normalized spacial score (nSPS) is 10.3. The molecule has 1 N–H and O–H groups in total. The zero-order chi connectivity index (χ0) is 10.6. The van der Waals surface area contributed by atoms with Gasteiger partial charge in [0.05, 0.1) is 0 Å². The molecule has 0 aromatic carbocycles. The predicted octanol–water partition coefficient (Wildman–Crippen LogP) is 2.83. The molecular formula is C10H13BrN2O. The van der Waals surface area contributed by atoms with Gasteiger partial charge in [0.1, 0.15) is 10.4 Å². The molecule has 0 aliphatic carbocycles. The van der Waals surface area contributed by atoms with E-state index in [-0.39, 0.29) is 5.91 Å². The van der Waals surface area contributed by atoms with Gasteiger partial charge in [-0.3, -0.25) is 4.79 Å². The van der Waals surface area contributed by atoms with Gasteiger partial charge in [0.15, 0.2) is 0 Å². The van der Waals surface area contributed by atoms with Crippen LogP contribution in [-0.2, 0) is 4.79 Å². The number of carbonyl (C=O) groups is 1. The van der Waals surface area contributed by atoms with Crippen LogP contribution in [0, 0.1) is 5.92 Å².